The molecule has 2 heterocycles. The molecule has 7 heteroatoms. The van der Waals surface area contributed by atoms with Crippen LogP contribution in [0.2, 0.25) is 0 Å². The SMILES string of the molecule is Cc1cc(C(=O)Nc2ccccc2C(=O)O)sc1-c1ccc2c(c1)OCCO2. The minimum atomic E-state index is -1.09. The lowest BCUT2D eigenvalue weighted by atomic mass is 10.1. The maximum atomic E-state index is 12.7. The van der Waals surface area contributed by atoms with Crippen LogP contribution in [0.25, 0.3) is 10.4 Å². The van der Waals surface area contributed by atoms with Gasteiger partial charge in [0.15, 0.2) is 11.5 Å². The minimum absolute atomic E-state index is 0.0520. The van der Waals surface area contributed by atoms with Crippen molar-refractivity contribution in [1.82, 2.24) is 0 Å². The zero-order chi connectivity index (χ0) is 19.7. The number of thiophene rings is 1. The highest BCUT2D eigenvalue weighted by Crippen LogP contribution is 2.39. The van der Waals surface area contributed by atoms with Crippen molar-refractivity contribution in [2.24, 2.45) is 0 Å². The van der Waals surface area contributed by atoms with Crippen LogP contribution in [0.15, 0.2) is 48.5 Å². The van der Waals surface area contributed by atoms with Crippen molar-refractivity contribution in [2.45, 2.75) is 6.92 Å². The van der Waals surface area contributed by atoms with E-state index in [1.54, 1.807) is 24.3 Å². The standard InChI is InChI=1S/C21H17NO5S/c1-12-10-18(20(23)22-15-5-3-2-4-14(15)21(24)25)28-19(12)13-6-7-16-17(11-13)27-9-8-26-16/h2-7,10-11H,8-9H2,1H3,(H,22,23)(H,24,25). The molecule has 0 aliphatic carbocycles. The summed E-state index contributed by atoms with van der Waals surface area (Å²) in [7, 11) is 0. The molecule has 0 fully saturated rings. The number of para-hydroxylation sites is 1. The van der Waals surface area contributed by atoms with Crippen molar-refractivity contribution in [1.29, 1.82) is 0 Å². The first-order chi connectivity index (χ1) is 13.5. The third-order valence-corrected chi connectivity index (χ3v) is 5.64. The predicted molar refractivity (Wildman–Crippen MR) is 107 cm³/mol. The molecule has 0 unspecified atom stereocenters. The number of carboxylic acids is 1. The van der Waals surface area contributed by atoms with E-state index in [9.17, 15) is 14.7 Å². The molecule has 0 radical (unpaired) electrons. The molecule has 1 aromatic heterocycles. The number of carbonyl (C=O) groups is 2. The normalized spacial score (nSPS) is 12.5. The highest BCUT2D eigenvalue weighted by molar-refractivity contribution is 7.17. The zero-order valence-corrected chi connectivity index (χ0v) is 15.8. The molecule has 1 aliphatic heterocycles. The number of carbonyl (C=O) groups excluding carboxylic acids is 1. The van der Waals surface area contributed by atoms with Crippen LogP contribution in [0.5, 0.6) is 11.5 Å². The topological polar surface area (TPSA) is 84.9 Å². The zero-order valence-electron chi connectivity index (χ0n) is 15.0. The number of anilines is 1. The molecule has 0 saturated carbocycles. The number of aromatic carboxylic acids is 1. The van der Waals surface area contributed by atoms with Crippen molar-refractivity contribution in [2.75, 3.05) is 18.5 Å². The fraction of sp³-hybridized carbons (Fsp3) is 0.143. The summed E-state index contributed by atoms with van der Waals surface area (Å²) in [6, 6.07) is 13.8. The molecule has 0 saturated heterocycles. The average Bonchev–Trinajstić information content (AvgIpc) is 3.09. The Morgan fingerprint density at radius 1 is 1.04 bits per heavy atom. The quantitative estimate of drug-likeness (QED) is 0.682. The molecule has 4 rings (SSSR count). The number of amides is 1. The number of carboxylic acid groups (broad SMARTS) is 1. The first kappa shape index (κ1) is 18.1. The molecule has 0 spiro atoms. The molecule has 0 atom stereocenters. The van der Waals surface area contributed by atoms with Crippen LogP contribution >= 0.6 is 11.3 Å². The number of fused-ring (bicyclic) bond motifs is 1. The van der Waals surface area contributed by atoms with Crippen molar-refractivity contribution in [3.05, 3.63) is 64.5 Å². The van der Waals surface area contributed by atoms with Gasteiger partial charge in [0.1, 0.15) is 13.2 Å². The summed E-state index contributed by atoms with van der Waals surface area (Å²) < 4.78 is 11.2. The van der Waals surface area contributed by atoms with E-state index in [2.05, 4.69) is 5.32 Å². The van der Waals surface area contributed by atoms with Gasteiger partial charge < -0.3 is 19.9 Å². The van der Waals surface area contributed by atoms with Gasteiger partial charge in [0, 0.05) is 4.88 Å². The van der Waals surface area contributed by atoms with Crippen molar-refractivity contribution in [3.63, 3.8) is 0 Å². The van der Waals surface area contributed by atoms with Gasteiger partial charge in [-0.15, -0.1) is 11.3 Å². The molecule has 6 nitrogen and oxygen atoms in total. The highest BCUT2D eigenvalue weighted by Gasteiger charge is 2.18. The van der Waals surface area contributed by atoms with E-state index in [-0.39, 0.29) is 17.2 Å². The van der Waals surface area contributed by atoms with E-state index in [0.717, 1.165) is 16.0 Å². The summed E-state index contributed by atoms with van der Waals surface area (Å²) in [6.45, 7) is 2.98. The number of rotatable bonds is 4. The fourth-order valence-electron chi connectivity index (χ4n) is 3.03. The molecular formula is C21H17NO5S. The molecule has 142 valence electrons. The number of aryl methyl sites for hydroxylation is 1. The summed E-state index contributed by atoms with van der Waals surface area (Å²) in [5, 5.41) is 12.0. The fourth-order valence-corrected chi connectivity index (χ4v) is 4.09. The second-order valence-corrected chi connectivity index (χ2v) is 7.34. The Hall–Kier alpha value is -3.32. The Labute approximate surface area is 165 Å². The third-order valence-electron chi connectivity index (χ3n) is 4.35. The van der Waals surface area contributed by atoms with Gasteiger partial charge in [0.05, 0.1) is 16.1 Å². The second kappa shape index (κ2) is 7.36. The van der Waals surface area contributed by atoms with E-state index in [0.29, 0.717) is 29.6 Å². The van der Waals surface area contributed by atoms with E-state index in [1.165, 1.54) is 17.4 Å². The molecule has 1 amide bonds. The van der Waals surface area contributed by atoms with Gasteiger partial charge >= 0.3 is 5.97 Å². The van der Waals surface area contributed by atoms with Crippen LogP contribution in [-0.2, 0) is 0 Å². The molecule has 0 bridgehead atoms. The molecule has 2 aromatic carbocycles. The number of hydrogen-bond donors (Lipinski definition) is 2. The Morgan fingerprint density at radius 2 is 1.79 bits per heavy atom. The van der Waals surface area contributed by atoms with Gasteiger partial charge in [0.25, 0.3) is 5.91 Å². The van der Waals surface area contributed by atoms with Gasteiger partial charge in [-0.05, 0) is 54.4 Å². The minimum Gasteiger partial charge on any atom is -0.486 e. The number of nitrogens with one attached hydrogen (secondary N) is 1. The van der Waals surface area contributed by atoms with Crippen molar-refractivity contribution >= 4 is 28.9 Å². The van der Waals surface area contributed by atoms with Crippen LogP contribution in [0, 0.1) is 6.92 Å². The van der Waals surface area contributed by atoms with Gasteiger partial charge in [-0.25, -0.2) is 4.79 Å². The van der Waals surface area contributed by atoms with Gasteiger partial charge in [-0.2, -0.15) is 0 Å². The average molecular weight is 395 g/mol. The van der Waals surface area contributed by atoms with Crippen LogP contribution in [0.4, 0.5) is 5.69 Å². The van der Waals surface area contributed by atoms with Crippen LogP contribution in [0.1, 0.15) is 25.6 Å². The maximum Gasteiger partial charge on any atom is 0.337 e. The van der Waals surface area contributed by atoms with Crippen molar-refractivity contribution < 1.29 is 24.2 Å². The van der Waals surface area contributed by atoms with Crippen LogP contribution in [0.3, 0.4) is 0 Å². The Bertz CT molecular complexity index is 1070. The molecule has 28 heavy (non-hydrogen) atoms. The van der Waals surface area contributed by atoms with E-state index in [4.69, 9.17) is 9.47 Å². The summed E-state index contributed by atoms with van der Waals surface area (Å²) in [6.07, 6.45) is 0. The molecule has 2 N–H and O–H groups in total. The number of benzene rings is 2. The molecule has 1 aliphatic rings. The maximum absolute atomic E-state index is 12.7. The molecular weight excluding hydrogens is 378 g/mol. The lowest BCUT2D eigenvalue weighted by Crippen LogP contribution is -2.15. The summed E-state index contributed by atoms with van der Waals surface area (Å²) in [5.41, 5.74) is 2.22. The summed E-state index contributed by atoms with van der Waals surface area (Å²) in [5.74, 6) is -0.0220. The Morgan fingerprint density at radius 3 is 2.57 bits per heavy atom. The van der Waals surface area contributed by atoms with Crippen molar-refractivity contribution in [3.8, 4) is 21.9 Å². The second-order valence-electron chi connectivity index (χ2n) is 6.29. The molecule has 3 aromatic rings. The number of hydrogen-bond acceptors (Lipinski definition) is 5. The lowest BCUT2D eigenvalue weighted by Gasteiger charge is -2.18. The van der Waals surface area contributed by atoms with Crippen LogP contribution < -0.4 is 14.8 Å². The monoisotopic (exact) mass is 395 g/mol. The summed E-state index contributed by atoms with van der Waals surface area (Å²) in [4.78, 5) is 25.5. The first-order valence-corrected chi connectivity index (χ1v) is 9.48. The Balaban J connectivity index is 1.61. The van der Waals surface area contributed by atoms with Crippen LogP contribution in [-0.4, -0.2) is 30.2 Å². The van der Waals surface area contributed by atoms with Gasteiger partial charge in [-0.1, -0.05) is 12.1 Å². The van der Waals surface area contributed by atoms with E-state index in [1.807, 2.05) is 25.1 Å². The Kier molecular flexibility index (Phi) is 4.75. The highest BCUT2D eigenvalue weighted by atomic mass is 32.1. The van der Waals surface area contributed by atoms with E-state index >= 15 is 0 Å². The number of ether oxygens (including phenoxy) is 2. The summed E-state index contributed by atoms with van der Waals surface area (Å²) >= 11 is 1.35. The smallest absolute Gasteiger partial charge is 0.337 e. The van der Waals surface area contributed by atoms with Gasteiger partial charge in [-0.3, -0.25) is 4.79 Å². The largest absolute Gasteiger partial charge is 0.486 e. The lowest BCUT2D eigenvalue weighted by molar-refractivity contribution is 0.0698. The first-order valence-electron chi connectivity index (χ1n) is 8.67. The third kappa shape index (κ3) is 3.44. The van der Waals surface area contributed by atoms with Gasteiger partial charge in [0.2, 0.25) is 0 Å². The van der Waals surface area contributed by atoms with E-state index < -0.39 is 5.97 Å². The predicted octanol–water partition coefficient (Wildman–Crippen LogP) is 4.45.